The third-order valence-corrected chi connectivity index (χ3v) is 3.49. The van der Waals surface area contributed by atoms with Gasteiger partial charge in [-0.15, -0.1) is 12.4 Å². The number of benzene rings is 1. The first-order chi connectivity index (χ1) is 9.60. The quantitative estimate of drug-likeness (QED) is 0.917. The number of nitrogens with zero attached hydrogens (tertiary/aromatic N) is 2. The first-order valence-electron chi connectivity index (χ1n) is 6.69. The van der Waals surface area contributed by atoms with Crippen molar-refractivity contribution < 1.29 is 13.6 Å². The highest BCUT2D eigenvalue weighted by Crippen LogP contribution is 2.11. The van der Waals surface area contributed by atoms with E-state index in [2.05, 4.69) is 0 Å². The SMILES string of the molecule is Cl.NCc1ccc(C(=O)N2CCN(CC(F)F)CC2)cc1. The molecule has 1 fully saturated rings. The number of rotatable bonds is 4. The van der Waals surface area contributed by atoms with Crippen LogP contribution in [0.25, 0.3) is 0 Å². The normalized spacial score (nSPS) is 15.9. The number of hydrogen-bond donors (Lipinski definition) is 1. The molecule has 0 bridgehead atoms. The molecule has 0 aromatic heterocycles. The van der Waals surface area contributed by atoms with E-state index in [0.29, 0.717) is 38.3 Å². The van der Waals surface area contributed by atoms with E-state index in [4.69, 9.17) is 5.73 Å². The van der Waals surface area contributed by atoms with Crippen molar-refractivity contribution in [3.8, 4) is 0 Å². The van der Waals surface area contributed by atoms with Crippen molar-refractivity contribution in [2.45, 2.75) is 13.0 Å². The molecule has 1 aromatic carbocycles. The standard InChI is InChI=1S/C14H19F2N3O.ClH/c15-13(16)10-18-5-7-19(8-6-18)14(20)12-3-1-11(9-17)2-4-12;/h1-4,13H,5-10,17H2;1H. The molecule has 1 aliphatic heterocycles. The lowest BCUT2D eigenvalue weighted by Crippen LogP contribution is -2.49. The summed E-state index contributed by atoms with van der Waals surface area (Å²) in [6, 6.07) is 7.19. The van der Waals surface area contributed by atoms with Crippen LogP contribution in [0.3, 0.4) is 0 Å². The summed E-state index contributed by atoms with van der Waals surface area (Å²) in [6.07, 6.45) is -2.32. The van der Waals surface area contributed by atoms with E-state index in [1.165, 1.54) is 0 Å². The first kappa shape index (κ1) is 17.8. The van der Waals surface area contributed by atoms with Crippen molar-refractivity contribution in [1.29, 1.82) is 0 Å². The number of carbonyl (C=O) groups is 1. The number of amides is 1. The van der Waals surface area contributed by atoms with Crippen molar-refractivity contribution in [2.24, 2.45) is 5.73 Å². The van der Waals surface area contributed by atoms with Gasteiger partial charge < -0.3 is 10.6 Å². The number of halogens is 3. The zero-order valence-electron chi connectivity index (χ0n) is 11.7. The molecule has 1 aliphatic rings. The summed E-state index contributed by atoms with van der Waals surface area (Å²) in [6.45, 7) is 2.20. The molecule has 1 heterocycles. The highest BCUT2D eigenvalue weighted by Gasteiger charge is 2.23. The smallest absolute Gasteiger partial charge is 0.253 e. The molecule has 0 radical (unpaired) electrons. The van der Waals surface area contributed by atoms with Crippen molar-refractivity contribution in [3.05, 3.63) is 35.4 Å². The van der Waals surface area contributed by atoms with E-state index in [1.54, 1.807) is 21.9 Å². The average molecular weight is 320 g/mol. The molecule has 7 heteroatoms. The third-order valence-electron chi connectivity index (χ3n) is 3.49. The lowest BCUT2D eigenvalue weighted by molar-refractivity contribution is 0.0459. The largest absolute Gasteiger partial charge is 0.336 e. The summed E-state index contributed by atoms with van der Waals surface area (Å²) in [5.41, 5.74) is 7.10. The number of piperazine rings is 1. The summed E-state index contributed by atoms with van der Waals surface area (Å²) in [4.78, 5) is 15.7. The first-order valence-corrected chi connectivity index (χ1v) is 6.69. The lowest BCUT2D eigenvalue weighted by Gasteiger charge is -2.34. The number of hydrogen-bond acceptors (Lipinski definition) is 3. The van der Waals surface area contributed by atoms with Crippen LogP contribution in [0.2, 0.25) is 0 Å². The molecule has 2 N–H and O–H groups in total. The molecule has 0 aliphatic carbocycles. The van der Waals surface area contributed by atoms with Crippen LogP contribution in [0.1, 0.15) is 15.9 Å². The fourth-order valence-electron chi connectivity index (χ4n) is 2.29. The molecule has 1 saturated heterocycles. The monoisotopic (exact) mass is 319 g/mol. The Labute approximate surface area is 129 Å². The van der Waals surface area contributed by atoms with Crippen LogP contribution in [0, 0.1) is 0 Å². The van der Waals surface area contributed by atoms with Gasteiger partial charge in [-0.05, 0) is 17.7 Å². The molecule has 0 spiro atoms. The van der Waals surface area contributed by atoms with E-state index in [9.17, 15) is 13.6 Å². The molecule has 118 valence electrons. The Morgan fingerprint density at radius 3 is 2.19 bits per heavy atom. The van der Waals surface area contributed by atoms with Gasteiger partial charge in [-0.1, -0.05) is 12.1 Å². The van der Waals surface area contributed by atoms with Gasteiger partial charge in [-0.3, -0.25) is 9.69 Å². The summed E-state index contributed by atoms with van der Waals surface area (Å²) in [5.74, 6) is -0.0507. The van der Waals surface area contributed by atoms with Gasteiger partial charge >= 0.3 is 0 Å². The maximum Gasteiger partial charge on any atom is 0.253 e. The Balaban J connectivity index is 0.00000220. The van der Waals surface area contributed by atoms with E-state index >= 15 is 0 Å². The van der Waals surface area contributed by atoms with Gasteiger partial charge in [0.05, 0.1) is 6.54 Å². The molecule has 0 saturated carbocycles. The van der Waals surface area contributed by atoms with Crippen LogP contribution < -0.4 is 5.73 Å². The Bertz CT molecular complexity index is 448. The van der Waals surface area contributed by atoms with E-state index in [1.807, 2.05) is 12.1 Å². The van der Waals surface area contributed by atoms with Gasteiger partial charge in [0.1, 0.15) is 0 Å². The van der Waals surface area contributed by atoms with E-state index in [0.717, 1.165) is 5.56 Å². The van der Waals surface area contributed by atoms with Crippen LogP contribution in [0.5, 0.6) is 0 Å². The molecule has 2 rings (SSSR count). The molecule has 1 amide bonds. The highest BCUT2D eigenvalue weighted by molar-refractivity contribution is 5.94. The van der Waals surface area contributed by atoms with E-state index < -0.39 is 6.43 Å². The van der Waals surface area contributed by atoms with Crippen LogP contribution in [-0.2, 0) is 6.54 Å². The zero-order valence-corrected chi connectivity index (χ0v) is 12.5. The van der Waals surface area contributed by atoms with Crippen LogP contribution in [0.15, 0.2) is 24.3 Å². The maximum atomic E-state index is 12.3. The lowest BCUT2D eigenvalue weighted by atomic mass is 10.1. The van der Waals surface area contributed by atoms with Gasteiger partial charge in [-0.2, -0.15) is 0 Å². The minimum Gasteiger partial charge on any atom is -0.336 e. The highest BCUT2D eigenvalue weighted by atomic mass is 35.5. The number of carbonyl (C=O) groups excluding carboxylic acids is 1. The Morgan fingerprint density at radius 2 is 1.71 bits per heavy atom. The van der Waals surface area contributed by atoms with Gasteiger partial charge in [-0.25, -0.2) is 8.78 Å². The second-order valence-corrected chi connectivity index (χ2v) is 4.88. The molecule has 21 heavy (non-hydrogen) atoms. The molecule has 4 nitrogen and oxygen atoms in total. The van der Waals surface area contributed by atoms with Crippen molar-refractivity contribution in [1.82, 2.24) is 9.80 Å². The molecular formula is C14H20ClF2N3O. The summed E-state index contributed by atoms with van der Waals surface area (Å²) < 4.78 is 24.6. The van der Waals surface area contributed by atoms with E-state index in [-0.39, 0.29) is 24.9 Å². The molecular weight excluding hydrogens is 300 g/mol. The van der Waals surface area contributed by atoms with Gasteiger partial charge in [0, 0.05) is 38.3 Å². The number of nitrogens with two attached hydrogens (primary N) is 1. The molecule has 0 atom stereocenters. The van der Waals surface area contributed by atoms with Crippen LogP contribution in [-0.4, -0.2) is 54.9 Å². The van der Waals surface area contributed by atoms with Crippen molar-refractivity contribution in [2.75, 3.05) is 32.7 Å². The molecule has 0 unspecified atom stereocenters. The maximum absolute atomic E-state index is 12.3. The summed E-state index contributed by atoms with van der Waals surface area (Å²) >= 11 is 0. The second kappa shape index (κ2) is 8.26. The predicted octanol–water partition coefficient (Wildman–Crippen LogP) is 1.59. The average Bonchev–Trinajstić information content (AvgIpc) is 2.47. The van der Waals surface area contributed by atoms with Gasteiger partial charge in [0.15, 0.2) is 0 Å². The second-order valence-electron chi connectivity index (χ2n) is 4.88. The Hall–Kier alpha value is -1.24. The minimum absolute atomic E-state index is 0. The predicted molar refractivity (Wildman–Crippen MR) is 79.9 cm³/mol. The molecule has 1 aromatic rings. The van der Waals surface area contributed by atoms with Gasteiger partial charge in [0.2, 0.25) is 0 Å². The number of alkyl halides is 2. The Kier molecular flexibility index (Phi) is 7.01. The Morgan fingerprint density at radius 1 is 1.14 bits per heavy atom. The summed E-state index contributed by atoms with van der Waals surface area (Å²) in [5, 5.41) is 0. The van der Waals surface area contributed by atoms with Gasteiger partial charge in [0.25, 0.3) is 12.3 Å². The summed E-state index contributed by atoms with van der Waals surface area (Å²) in [7, 11) is 0. The van der Waals surface area contributed by atoms with Crippen LogP contribution in [0.4, 0.5) is 8.78 Å². The fraction of sp³-hybridized carbons (Fsp3) is 0.500. The van der Waals surface area contributed by atoms with Crippen LogP contribution >= 0.6 is 12.4 Å². The van der Waals surface area contributed by atoms with Crippen molar-refractivity contribution >= 4 is 18.3 Å². The van der Waals surface area contributed by atoms with Crippen molar-refractivity contribution in [3.63, 3.8) is 0 Å². The zero-order chi connectivity index (χ0) is 14.5. The fourth-order valence-corrected chi connectivity index (χ4v) is 2.29. The topological polar surface area (TPSA) is 49.6 Å². The minimum atomic E-state index is -2.32. The third kappa shape index (κ3) is 4.91.